The highest BCUT2D eigenvalue weighted by Crippen LogP contribution is 2.15. The molecule has 2 N–H and O–H groups in total. The van der Waals surface area contributed by atoms with Crippen LogP contribution in [0, 0.1) is 13.8 Å². The first-order chi connectivity index (χ1) is 9.92. The molecule has 0 aliphatic rings. The molecule has 0 atom stereocenters. The second-order valence-electron chi connectivity index (χ2n) is 4.93. The van der Waals surface area contributed by atoms with Crippen LogP contribution in [-0.2, 0) is 16.4 Å². The number of ether oxygens (including phenoxy) is 1. The molecular formula is C15H20N2O3S. The van der Waals surface area contributed by atoms with Gasteiger partial charge in [0, 0.05) is 17.9 Å². The van der Waals surface area contributed by atoms with E-state index < -0.39 is 10.0 Å². The molecule has 114 valence electrons. The van der Waals surface area contributed by atoms with Crippen molar-refractivity contribution in [2.75, 3.05) is 13.7 Å². The van der Waals surface area contributed by atoms with Crippen molar-refractivity contribution < 1.29 is 13.2 Å². The van der Waals surface area contributed by atoms with Crippen LogP contribution in [0.3, 0.4) is 0 Å². The fourth-order valence-electron chi connectivity index (χ4n) is 2.20. The Morgan fingerprint density at radius 3 is 2.38 bits per heavy atom. The third-order valence-electron chi connectivity index (χ3n) is 3.31. The predicted octanol–water partition coefficient (Wildman–Crippen LogP) is 2.16. The van der Waals surface area contributed by atoms with Crippen LogP contribution in [0.25, 0.3) is 0 Å². The van der Waals surface area contributed by atoms with Gasteiger partial charge in [-0.25, -0.2) is 13.1 Å². The lowest BCUT2D eigenvalue weighted by Crippen LogP contribution is -2.26. The molecule has 0 radical (unpaired) electrons. The minimum atomic E-state index is -3.48. The van der Waals surface area contributed by atoms with E-state index in [1.54, 1.807) is 19.2 Å². The summed E-state index contributed by atoms with van der Waals surface area (Å²) in [5.41, 5.74) is 3.29. The van der Waals surface area contributed by atoms with Gasteiger partial charge in [-0.1, -0.05) is 0 Å². The van der Waals surface area contributed by atoms with E-state index in [2.05, 4.69) is 9.71 Å². The third kappa shape index (κ3) is 3.86. The van der Waals surface area contributed by atoms with E-state index in [0.29, 0.717) is 18.7 Å². The molecule has 2 aromatic rings. The van der Waals surface area contributed by atoms with Crippen LogP contribution in [0.15, 0.2) is 35.2 Å². The lowest BCUT2D eigenvalue weighted by Gasteiger charge is -2.07. The molecule has 0 amide bonds. The summed E-state index contributed by atoms with van der Waals surface area (Å²) in [5.74, 6) is 0.632. The highest BCUT2D eigenvalue weighted by atomic mass is 32.2. The van der Waals surface area contributed by atoms with Crippen molar-refractivity contribution in [3.05, 3.63) is 47.3 Å². The number of rotatable bonds is 6. The molecule has 0 saturated heterocycles. The minimum absolute atomic E-state index is 0.241. The zero-order valence-electron chi connectivity index (χ0n) is 12.4. The molecular weight excluding hydrogens is 288 g/mol. The second kappa shape index (κ2) is 6.32. The maximum Gasteiger partial charge on any atom is 0.240 e. The molecule has 2 rings (SSSR count). The number of aromatic amines is 1. The largest absolute Gasteiger partial charge is 0.497 e. The first-order valence-corrected chi connectivity index (χ1v) is 8.19. The molecule has 0 saturated carbocycles. The number of H-pyrrole nitrogens is 1. The van der Waals surface area contributed by atoms with Crippen LogP contribution >= 0.6 is 0 Å². The highest BCUT2D eigenvalue weighted by molar-refractivity contribution is 7.89. The summed E-state index contributed by atoms with van der Waals surface area (Å²) in [6.45, 7) is 4.34. The van der Waals surface area contributed by atoms with Crippen molar-refractivity contribution in [2.24, 2.45) is 0 Å². The Morgan fingerprint density at radius 1 is 1.19 bits per heavy atom. The molecule has 0 aliphatic heterocycles. The molecule has 0 unspecified atom stereocenters. The van der Waals surface area contributed by atoms with E-state index in [1.807, 2.05) is 19.9 Å². The second-order valence-corrected chi connectivity index (χ2v) is 6.69. The van der Waals surface area contributed by atoms with Crippen LogP contribution in [0.5, 0.6) is 5.75 Å². The Morgan fingerprint density at radius 2 is 1.86 bits per heavy atom. The zero-order chi connectivity index (χ0) is 15.5. The number of nitrogens with one attached hydrogen (secondary N) is 2. The van der Waals surface area contributed by atoms with Gasteiger partial charge in [0.1, 0.15) is 5.75 Å². The summed E-state index contributed by atoms with van der Waals surface area (Å²) in [7, 11) is -1.93. The molecule has 21 heavy (non-hydrogen) atoms. The van der Waals surface area contributed by atoms with Gasteiger partial charge in [-0.05, 0) is 56.2 Å². The van der Waals surface area contributed by atoms with Gasteiger partial charge in [0.05, 0.1) is 12.0 Å². The number of benzene rings is 1. The van der Waals surface area contributed by atoms with Gasteiger partial charge in [0.2, 0.25) is 10.0 Å². The summed E-state index contributed by atoms with van der Waals surface area (Å²) in [6.07, 6.45) is 0.658. The number of hydrogen-bond donors (Lipinski definition) is 2. The number of aryl methyl sites for hydroxylation is 2. The average Bonchev–Trinajstić information content (AvgIpc) is 2.77. The van der Waals surface area contributed by atoms with Crippen molar-refractivity contribution in [3.8, 4) is 5.75 Å². The SMILES string of the molecule is COc1ccc(S(=O)(=O)NCCc2cc(C)[nH]c2C)cc1. The van der Waals surface area contributed by atoms with E-state index in [4.69, 9.17) is 4.74 Å². The Kier molecular flexibility index (Phi) is 4.69. The molecule has 1 aromatic heterocycles. The molecule has 0 aliphatic carbocycles. The first kappa shape index (κ1) is 15.6. The minimum Gasteiger partial charge on any atom is -0.497 e. The van der Waals surface area contributed by atoms with Crippen LogP contribution in [0.2, 0.25) is 0 Å². The van der Waals surface area contributed by atoms with Crippen LogP contribution in [0.1, 0.15) is 17.0 Å². The maximum atomic E-state index is 12.2. The molecule has 1 aromatic carbocycles. The van der Waals surface area contributed by atoms with Gasteiger partial charge in [0.25, 0.3) is 0 Å². The topological polar surface area (TPSA) is 71.2 Å². The van der Waals surface area contributed by atoms with Crippen molar-refractivity contribution in [1.82, 2.24) is 9.71 Å². The maximum absolute atomic E-state index is 12.2. The van der Waals surface area contributed by atoms with E-state index in [0.717, 1.165) is 17.0 Å². The highest BCUT2D eigenvalue weighted by Gasteiger charge is 2.13. The summed E-state index contributed by atoms with van der Waals surface area (Å²) in [5, 5.41) is 0. The standard InChI is InChI=1S/C15H20N2O3S/c1-11-10-13(12(2)17-11)8-9-16-21(18,19)15-6-4-14(20-3)5-7-15/h4-7,10,16-17H,8-9H2,1-3H3. The Balaban J connectivity index is 1.99. The fourth-order valence-corrected chi connectivity index (χ4v) is 3.23. The van der Waals surface area contributed by atoms with Crippen molar-refractivity contribution in [3.63, 3.8) is 0 Å². The Labute approximate surface area is 125 Å². The summed E-state index contributed by atoms with van der Waals surface area (Å²) in [6, 6.07) is 8.37. The Hall–Kier alpha value is -1.79. The first-order valence-electron chi connectivity index (χ1n) is 6.71. The lowest BCUT2D eigenvalue weighted by molar-refractivity contribution is 0.414. The van der Waals surface area contributed by atoms with Gasteiger partial charge in [-0.15, -0.1) is 0 Å². The average molecular weight is 308 g/mol. The summed E-state index contributed by atoms with van der Waals surface area (Å²) in [4.78, 5) is 3.45. The molecule has 0 bridgehead atoms. The number of sulfonamides is 1. The molecule has 0 fully saturated rings. The monoisotopic (exact) mass is 308 g/mol. The van der Waals surface area contributed by atoms with Gasteiger partial charge < -0.3 is 9.72 Å². The molecule has 5 nitrogen and oxygen atoms in total. The van der Waals surface area contributed by atoms with Gasteiger partial charge in [-0.2, -0.15) is 0 Å². The van der Waals surface area contributed by atoms with E-state index >= 15 is 0 Å². The van der Waals surface area contributed by atoms with E-state index in [9.17, 15) is 8.42 Å². The van der Waals surface area contributed by atoms with Crippen LogP contribution in [-0.4, -0.2) is 27.1 Å². The third-order valence-corrected chi connectivity index (χ3v) is 4.79. The number of aromatic nitrogens is 1. The summed E-state index contributed by atoms with van der Waals surface area (Å²) < 4.78 is 31.9. The normalized spacial score (nSPS) is 11.6. The van der Waals surface area contributed by atoms with Crippen LogP contribution in [0.4, 0.5) is 0 Å². The zero-order valence-corrected chi connectivity index (χ0v) is 13.3. The smallest absolute Gasteiger partial charge is 0.240 e. The molecule has 0 spiro atoms. The van der Waals surface area contributed by atoms with E-state index in [-0.39, 0.29) is 4.90 Å². The lowest BCUT2D eigenvalue weighted by atomic mass is 10.2. The quantitative estimate of drug-likeness (QED) is 0.859. The van der Waals surface area contributed by atoms with Crippen LogP contribution < -0.4 is 9.46 Å². The summed E-state index contributed by atoms with van der Waals surface area (Å²) >= 11 is 0. The van der Waals surface area contributed by atoms with Gasteiger partial charge in [-0.3, -0.25) is 0 Å². The molecule has 1 heterocycles. The fraction of sp³-hybridized carbons (Fsp3) is 0.333. The Bertz CT molecular complexity index is 703. The van der Waals surface area contributed by atoms with Crippen molar-refractivity contribution in [1.29, 1.82) is 0 Å². The van der Waals surface area contributed by atoms with Gasteiger partial charge in [0.15, 0.2) is 0 Å². The molecule has 6 heteroatoms. The van der Waals surface area contributed by atoms with Crippen molar-refractivity contribution in [2.45, 2.75) is 25.2 Å². The van der Waals surface area contributed by atoms with Gasteiger partial charge >= 0.3 is 0 Å². The number of methoxy groups -OCH3 is 1. The predicted molar refractivity (Wildman–Crippen MR) is 82.2 cm³/mol. The van der Waals surface area contributed by atoms with Crippen molar-refractivity contribution >= 4 is 10.0 Å². The van der Waals surface area contributed by atoms with E-state index in [1.165, 1.54) is 12.1 Å². The number of hydrogen-bond acceptors (Lipinski definition) is 3.